The number of hydrogen-bond donors (Lipinski definition) is 0. The number of ether oxygens (including phenoxy) is 1. The van der Waals surface area contributed by atoms with Crippen LogP contribution in [-0.2, 0) is 22.1 Å². The van der Waals surface area contributed by atoms with E-state index >= 15 is 0 Å². The number of carbonyl (C=O) groups excluding carboxylic acids is 1. The molecule has 134 valence electrons. The van der Waals surface area contributed by atoms with Crippen LogP contribution in [0.15, 0.2) is 56.6 Å². The Balaban J connectivity index is 1.93. The highest BCUT2D eigenvalue weighted by atomic mass is 32.2. The molecule has 0 aliphatic rings. The molecule has 0 amide bonds. The van der Waals surface area contributed by atoms with Crippen molar-refractivity contribution in [3.05, 3.63) is 75.1 Å². The standard InChI is InChI=1S/C20H18O5S/c1-12-8-16-14(10-19(21)25-17(16)9-13(12)2)11-24-20(22)15-6-4-5-7-18(15)26(3)23/h4-10H,11H2,1-3H3/t26-/m0/s1. The third-order valence-electron chi connectivity index (χ3n) is 4.22. The zero-order chi connectivity index (χ0) is 18.8. The molecule has 0 N–H and O–H groups in total. The van der Waals surface area contributed by atoms with E-state index in [9.17, 15) is 13.8 Å². The summed E-state index contributed by atoms with van der Waals surface area (Å²) in [5.74, 6) is -0.582. The Kier molecular flexibility index (Phi) is 5.04. The van der Waals surface area contributed by atoms with E-state index in [1.165, 1.54) is 12.3 Å². The predicted octanol–water partition coefficient (Wildman–Crippen LogP) is 3.50. The number of aryl methyl sites for hydroxylation is 2. The van der Waals surface area contributed by atoms with Crippen LogP contribution >= 0.6 is 0 Å². The van der Waals surface area contributed by atoms with E-state index in [0.29, 0.717) is 16.0 Å². The number of fused-ring (bicyclic) bond motifs is 1. The van der Waals surface area contributed by atoms with Gasteiger partial charge >= 0.3 is 11.6 Å². The van der Waals surface area contributed by atoms with Crippen LogP contribution in [0.25, 0.3) is 11.0 Å². The minimum Gasteiger partial charge on any atom is -0.457 e. The average molecular weight is 370 g/mol. The van der Waals surface area contributed by atoms with Crippen molar-refractivity contribution in [2.75, 3.05) is 6.26 Å². The Hall–Kier alpha value is -2.73. The molecule has 26 heavy (non-hydrogen) atoms. The second kappa shape index (κ2) is 7.25. The van der Waals surface area contributed by atoms with Gasteiger partial charge in [0.25, 0.3) is 0 Å². The van der Waals surface area contributed by atoms with E-state index in [1.807, 2.05) is 19.9 Å². The molecule has 1 aromatic heterocycles. The summed E-state index contributed by atoms with van der Waals surface area (Å²) in [5, 5.41) is 0.729. The first-order chi connectivity index (χ1) is 12.4. The lowest BCUT2D eigenvalue weighted by Crippen LogP contribution is -2.10. The molecular formula is C20H18O5S. The smallest absolute Gasteiger partial charge is 0.339 e. The van der Waals surface area contributed by atoms with Crippen LogP contribution in [0.1, 0.15) is 27.0 Å². The lowest BCUT2D eigenvalue weighted by molar-refractivity contribution is 0.0469. The van der Waals surface area contributed by atoms with Gasteiger partial charge in [0, 0.05) is 23.3 Å². The fourth-order valence-corrected chi connectivity index (χ4v) is 3.44. The summed E-state index contributed by atoms with van der Waals surface area (Å²) < 4.78 is 22.4. The van der Waals surface area contributed by atoms with Crippen molar-refractivity contribution < 1.29 is 18.2 Å². The van der Waals surface area contributed by atoms with Gasteiger partial charge in [-0.1, -0.05) is 12.1 Å². The zero-order valence-corrected chi connectivity index (χ0v) is 15.5. The van der Waals surface area contributed by atoms with Gasteiger partial charge in [-0.05, 0) is 49.2 Å². The van der Waals surface area contributed by atoms with Gasteiger partial charge in [0.2, 0.25) is 0 Å². The Labute approximate surface area is 153 Å². The summed E-state index contributed by atoms with van der Waals surface area (Å²) >= 11 is 0. The summed E-state index contributed by atoms with van der Waals surface area (Å²) in [6, 6.07) is 11.6. The molecule has 0 spiro atoms. The van der Waals surface area contributed by atoms with Gasteiger partial charge in [-0.3, -0.25) is 4.21 Å². The lowest BCUT2D eigenvalue weighted by atomic mass is 10.0. The van der Waals surface area contributed by atoms with E-state index in [1.54, 1.807) is 30.3 Å². The second-order valence-electron chi connectivity index (χ2n) is 6.05. The van der Waals surface area contributed by atoms with Crippen LogP contribution < -0.4 is 5.63 Å². The van der Waals surface area contributed by atoms with Crippen molar-refractivity contribution in [2.24, 2.45) is 0 Å². The van der Waals surface area contributed by atoms with E-state index in [-0.39, 0.29) is 12.2 Å². The van der Waals surface area contributed by atoms with Crippen molar-refractivity contribution in [1.82, 2.24) is 0 Å². The Bertz CT molecular complexity index is 1080. The first-order valence-electron chi connectivity index (χ1n) is 8.00. The summed E-state index contributed by atoms with van der Waals surface area (Å²) in [6.45, 7) is 3.82. The third kappa shape index (κ3) is 3.60. The van der Waals surface area contributed by atoms with Crippen LogP contribution in [0.2, 0.25) is 0 Å². The average Bonchev–Trinajstić information content (AvgIpc) is 2.60. The van der Waals surface area contributed by atoms with Crippen molar-refractivity contribution in [1.29, 1.82) is 0 Å². The maximum Gasteiger partial charge on any atom is 0.339 e. The predicted molar refractivity (Wildman–Crippen MR) is 99.9 cm³/mol. The molecule has 0 aliphatic heterocycles. The van der Waals surface area contributed by atoms with Gasteiger partial charge in [0.1, 0.15) is 12.2 Å². The molecule has 3 aromatic rings. The van der Waals surface area contributed by atoms with Gasteiger partial charge in [0.05, 0.1) is 21.3 Å². The molecule has 0 unspecified atom stereocenters. The molecule has 2 aromatic carbocycles. The van der Waals surface area contributed by atoms with E-state index in [4.69, 9.17) is 9.15 Å². The minimum atomic E-state index is -1.31. The molecule has 0 saturated heterocycles. The molecule has 1 heterocycles. The van der Waals surface area contributed by atoms with Crippen LogP contribution in [-0.4, -0.2) is 16.4 Å². The van der Waals surface area contributed by atoms with Gasteiger partial charge < -0.3 is 9.15 Å². The second-order valence-corrected chi connectivity index (χ2v) is 7.40. The number of benzene rings is 2. The molecule has 0 bridgehead atoms. The van der Waals surface area contributed by atoms with Crippen LogP contribution in [0.5, 0.6) is 0 Å². The highest BCUT2D eigenvalue weighted by Gasteiger charge is 2.16. The number of hydrogen-bond acceptors (Lipinski definition) is 5. The Morgan fingerprint density at radius 2 is 1.81 bits per heavy atom. The molecule has 3 rings (SSSR count). The van der Waals surface area contributed by atoms with Crippen molar-refractivity contribution in [3.8, 4) is 0 Å². The zero-order valence-electron chi connectivity index (χ0n) is 14.7. The molecule has 0 radical (unpaired) electrons. The molecule has 0 saturated carbocycles. The molecule has 5 nitrogen and oxygen atoms in total. The first kappa shape index (κ1) is 18.1. The SMILES string of the molecule is Cc1cc2oc(=O)cc(COC(=O)c3ccccc3[S@](C)=O)c2cc1C. The van der Waals surface area contributed by atoms with Crippen LogP contribution in [0.3, 0.4) is 0 Å². The minimum absolute atomic E-state index is 0.0753. The highest BCUT2D eigenvalue weighted by Crippen LogP contribution is 2.23. The third-order valence-corrected chi connectivity index (χ3v) is 5.20. The van der Waals surface area contributed by atoms with Crippen LogP contribution in [0, 0.1) is 13.8 Å². The Morgan fingerprint density at radius 1 is 1.12 bits per heavy atom. The largest absolute Gasteiger partial charge is 0.457 e. The summed E-state index contributed by atoms with van der Waals surface area (Å²) in [5.41, 5.74) is 2.85. The maximum absolute atomic E-state index is 12.4. The van der Waals surface area contributed by atoms with Gasteiger partial charge in [-0.25, -0.2) is 9.59 Å². The fraction of sp³-hybridized carbons (Fsp3) is 0.200. The molecule has 0 aliphatic carbocycles. The fourth-order valence-electron chi connectivity index (χ4n) is 2.71. The van der Waals surface area contributed by atoms with Crippen molar-refractivity contribution in [2.45, 2.75) is 25.3 Å². The van der Waals surface area contributed by atoms with E-state index in [0.717, 1.165) is 16.5 Å². The van der Waals surface area contributed by atoms with Crippen LogP contribution in [0.4, 0.5) is 0 Å². The Morgan fingerprint density at radius 3 is 2.54 bits per heavy atom. The van der Waals surface area contributed by atoms with Gasteiger partial charge in [-0.2, -0.15) is 0 Å². The van der Waals surface area contributed by atoms with Gasteiger partial charge in [-0.15, -0.1) is 0 Å². The maximum atomic E-state index is 12.4. The van der Waals surface area contributed by atoms with E-state index < -0.39 is 22.4 Å². The van der Waals surface area contributed by atoms with E-state index in [2.05, 4.69) is 0 Å². The first-order valence-corrected chi connectivity index (χ1v) is 9.56. The summed E-state index contributed by atoms with van der Waals surface area (Å²) in [4.78, 5) is 24.7. The topological polar surface area (TPSA) is 73.6 Å². The molecule has 1 atom stereocenters. The molecule has 0 fully saturated rings. The summed E-state index contributed by atoms with van der Waals surface area (Å²) in [6.07, 6.45) is 1.51. The van der Waals surface area contributed by atoms with Gasteiger partial charge in [0.15, 0.2) is 0 Å². The highest BCUT2D eigenvalue weighted by molar-refractivity contribution is 7.84. The normalized spacial score (nSPS) is 12.1. The number of carbonyl (C=O) groups is 1. The number of rotatable bonds is 4. The van der Waals surface area contributed by atoms with Crippen molar-refractivity contribution >= 4 is 27.7 Å². The number of esters is 1. The quantitative estimate of drug-likeness (QED) is 0.519. The molecular weight excluding hydrogens is 352 g/mol. The summed E-state index contributed by atoms with van der Waals surface area (Å²) in [7, 11) is -1.31. The lowest BCUT2D eigenvalue weighted by Gasteiger charge is -2.10. The van der Waals surface area contributed by atoms with Crippen molar-refractivity contribution in [3.63, 3.8) is 0 Å². The monoisotopic (exact) mass is 370 g/mol. The molecule has 6 heteroatoms.